The number of halogens is 1. The summed E-state index contributed by atoms with van der Waals surface area (Å²) < 4.78 is 33.1. The first-order chi connectivity index (χ1) is 14.6. The fourth-order valence-electron chi connectivity index (χ4n) is 2.82. The molecule has 0 aliphatic rings. The van der Waals surface area contributed by atoms with Gasteiger partial charge >= 0.3 is 0 Å². The Kier molecular flexibility index (Phi) is 8.23. The van der Waals surface area contributed by atoms with Gasteiger partial charge in [-0.25, -0.2) is 8.42 Å². The second-order valence-electron chi connectivity index (χ2n) is 6.74. The summed E-state index contributed by atoms with van der Waals surface area (Å²) in [7, 11) is -3.02. The minimum Gasteiger partial charge on any atom is -0.495 e. The quantitative estimate of drug-likeness (QED) is 0.322. The monoisotopic (exact) mass is 469 g/mol. The van der Waals surface area contributed by atoms with E-state index in [9.17, 15) is 23.3 Å². The first kappa shape index (κ1) is 24.4. The van der Waals surface area contributed by atoms with E-state index in [1.165, 1.54) is 44.4 Å². The molecule has 1 N–H and O–H groups in total. The van der Waals surface area contributed by atoms with Gasteiger partial charge in [0.1, 0.15) is 12.3 Å². The van der Waals surface area contributed by atoms with Crippen molar-refractivity contribution in [3.8, 4) is 5.75 Å². The molecule has 0 saturated carbocycles. The molecule has 9 nitrogen and oxygen atoms in total. The van der Waals surface area contributed by atoms with Gasteiger partial charge in [-0.3, -0.25) is 19.2 Å². The lowest BCUT2D eigenvalue weighted by Gasteiger charge is -2.26. The number of hydrogen-bond donors (Lipinski definition) is 1. The van der Waals surface area contributed by atoms with E-state index in [2.05, 4.69) is 5.32 Å². The number of carbonyl (C=O) groups is 1. The molecule has 0 bridgehead atoms. The third-order valence-electron chi connectivity index (χ3n) is 4.51. The van der Waals surface area contributed by atoms with Gasteiger partial charge in [-0.05, 0) is 37.6 Å². The molecule has 0 atom stereocenters. The number of aryl methyl sites for hydroxylation is 1. The fraction of sp³-hybridized carbons (Fsp3) is 0.350. The molecule has 0 radical (unpaired) electrons. The molecule has 2 aromatic rings. The van der Waals surface area contributed by atoms with Gasteiger partial charge < -0.3 is 10.1 Å². The SMILES string of the molecule is CCCCNC(=O)CN(c1cc(Cl)ccc1OC)S(=O)(=O)c1ccc(C)c([N+](=O)[O-])c1. The average molecular weight is 470 g/mol. The molecule has 1 amide bonds. The van der Waals surface area contributed by atoms with Gasteiger partial charge in [0.25, 0.3) is 15.7 Å². The molecule has 0 aromatic heterocycles. The van der Waals surface area contributed by atoms with E-state index in [4.69, 9.17) is 16.3 Å². The lowest BCUT2D eigenvalue weighted by molar-refractivity contribution is -0.385. The number of benzene rings is 2. The van der Waals surface area contributed by atoms with Crippen molar-refractivity contribution in [2.45, 2.75) is 31.6 Å². The van der Waals surface area contributed by atoms with Crippen LogP contribution in [0.25, 0.3) is 0 Å². The van der Waals surface area contributed by atoms with Crippen LogP contribution in [0.2, 0.25) is 5.02 Å². The van der Waals surface area contributed by atoms with Gasteiger partial charge in [-0.2, -0.15) is 0 Å². The van der Waals surface area contributed by atoms with Crippen molar-refractivity contribution in [2.24, 2.45) is 0 Å². The van der Waals surface area contributed by atoms with Gasteiger partial charge in [-0.15, -0.1) is 0 Å². The highest BCUT2D eigenvalue weighted by atomic mass is 35.5. The Morgan fingerprint density at radius 1 is 1.26 bits per heavy atom. The molecule has 2 aromatic carbocycles. The molecule has 0 unspecified atom stereocenters. The van der Waals surface area contributed by atoms with E-state index in [0.717, 1.165) is 23.2 Å². The first-order valence-electron chi connectivity index (χ1n) is 9.49. The highest BCUT2D eigenvalue weighted by molar-refractivity contribution is 7.92. The number of nitro groups is 1. The molecule has 0 spiro atoms. The van der Waals surface area contributed by atoms with Crippen LogP contribution in [0.15, 0.2) is 41.3 Å². The average Bonchev–Trinajstić information content (AvgIpc) is 2.72. The molecule has 0 saturated heterocycles. The van der Waals surface area contributed by atoms with Crippen LogP contribution in [0.4, 0.5) is 11.4 Å². The largest absolute Gasteiger partial charge is 0.495 e. The molecule has 31 heavy (non-hydrogen) atoms. The van der Waals surface area contributed by atoms with E-state index < -0.39 is 27.4 Å². The zero-order chi connectivity index (χ0) is 23.2. The molecular weight excluding hydrogens is 446 g/mol. The molecule has 0 fully saturated rings. The summed E-state index contributed by atoms with van der Waals surface area (Å²) in [5.74, 6) is -0.350. The highest BCUT2D eigenvalue weighted by Gasteiger charge is 2.31. The molecule has 0 heterocycles. The van der Waals surface area contributed by atoms with Gasteiger partial charge in [0.05, 0.1) is 22.6 Å². The maximum atomic E-state index is 13.5. The third kappa shape index (κ3) is 5.86. The van der Waals surface area contributed by atoms with Crippen LogP contribution >= 0.6 is 11.6 Å². The fourth-order valence-corrected chi connectivity index (χ4v) is 4.43. The van der Waals surface area contributed by atoms with Crippen LogP contribution in [0.5, 0.6) is 5.75 Å². The second-order valence-corrected chi connectivity index (χ2v) is 9.04. The standard InChI is InChI=1S/C20H24ClN3O6S/c1-4-5-10-22-20(25)13-23(18-11-15(21)7-9-19(18)30-3)31(28,29)16-8-6-14(2)17(12-16)24(26)27/h6-9,11-12H,4-5,10,13H2,1-3H3,(H,22,25). The van der Waals surface area contributed by atoms with Crippen LogP contribution in [-0.2, 0) is 14.8 Å². The van der Waals surface area contributed by atoms with Gasteiger partial charge in [-0.1, -0.05) is 31.0 Å². The number of ether oxygens (including phenoxy) is 1. The number of hydrogen-bond acceptors (Lipinski definition) is 6. The predicted molar refractivity (Wildman–Crippen MR) is 118 cm³/mol. The van der Waals surface area contributed by atoms with Crippen molar-refractivity contribution in [3.05, 3.63) is 57.1 Å². The van der Waals surface area contributed by atoms with Crippen molar-refractivity contribution in [1.29, 1.82) is 0 Å². The van der Waals surface area contributed by atoms with Gasteiger partial charge in [0.2, 0.25) is 5.91 Å². The molecule has 168 valence electrons. The number of anilines is 1. The van der Waals surface area contributed by atoms with E-state index >= 15 is 0 Å². The summed E-state index contributed by atoms with van der Waals surface area (Å²) in [6.07, 6.45) is 1.60. The molecule has 2 rings (SSSR count). The Hall–Kier alpha value is -2.85. The molecule has 11 heteroatoms. The summed E-state index contributed by atoms with van der Waals surface area (Å²) in [5.41, 5.74) is 0.0171. The van der Waals surface area contributed by atoms with Crippen LogP contribution < -0.4 is 14.4 Å². The number of nitrogens with one attached hydrogen (secondary N) is 1. The third-order valence-corrected chi connectivity index (χ3v) is 6.51. The Morgan fingerprint density at radius 2 is 1.97 bits per heavy atom. The number of nitrogens with zero attached hydrogens (tertiary/aromatic N) is 2. The van der Waals surface area contributed by atoms with E-state index in [-0.39, 0.29) is 27.0 Å². The summed E-state index contributed by atoms with van der Waals surface area (Å²) in [4.78, 5) is 22.8. The van der Waals surface area contributed by atoms with Gasteiger partial charge in [0, 0.05) is 23.2 Å². The molecule has 0 aliphatic heterocycles. The second kappa shape index (κ2) is 10.5. The Bertz CT molecular complexity index is 1070. The number of rotatable bonds is 10. The van der Waals surface area contributed by atoms with Crippen molar-refractivity contribution < 1.29 is 22.9 Å². The Balaban J connectivity index is 2.59. The zero-order valence-electron chi connectivity index (χ0n) is 17.4. The summed E-state index contributed by atoms with van der Waals surface area (Å²) in [6.45, 7) is 3.31. The predicted octanol–water partition coefficient (Wildman–Crippen LogP) is 3.68. The number of carbonyl (C=O) groups excluding carboxylic acids is 1. The van der Waals surface area contributed by atoms with Crippen LogP contribution in [-0.4, -0.2) is 39.4 Å². The lowest BCUT2D eigenvalue weighted by atomic mass is 10.2. The highest BCUT2D eigenvalue weighted by Crippen LogP contribution is 2.35. The minimum absolute atomic E-state index is 0.0452. The van der Waals surface area contributed by atoms with Crippen molar-refractivity contribution in [2.75, 3.05) is 24.5 Å². The van der Waals surface area contributed by atoms with Crippen molar-refractivity contribution >= 4 is 38.9 Å². The Labute approximate surface area is 186 Å². The number of methoxy groups -OCH3 is 1. The smallest absolute Gasteiger partial charge is 0.273 e. The molecular formula is C20H24ClN3O6S. The summed E-state index contributed by atoms with van der Waals surface area (Å²) >= 11 is 6.07. The van der Waals surface area contributed by atoms with Crippen LogP contribution in [0.3, 0.4) is 0 Å². The summed E-state index contributed by atoms with van der Waals surface area (Å²) in [5, 5.41) is 14.2. The normalized spacial score (nSPS) is 11.1. The number of sulfonamides is 1. The Morgan fingerprint density at radius 3 is 2.58 bits per heavy atom. The van der Waals surface area contributed by atoms with Crippen molar-refractivity contribution in [1.82, 2.24) is 5.32 Å². The number of nitro benzene ring substituents is 1. The summed E-state index contributed by atoms with van der Waals surface area (Å²) in [6, 6.07) is 7.94. The van der Waals surface area contributed by atoms with Crippen molar-refractivity contribution in [3.63, 3.8) is 0 Å². The maximum Gasteiger partial charge on any atom is 0.273 e. The first-order valence-corrected chi connectivity index (χ1v) is 11.3. The van der Waals surface area contributed by atoms with Crippen LogP contribution in [0.1, 0.15) is 25.3 Å². The molecule has 0 aliphatic carbocycles. The maximum absolute atomic E-state index is 13.5. The number of unbranched alkanes of at least 4 members (excludes halogenated alkanes) is 1. The van der Waals surface area contributed by atoms with E-state index in [0.29, 0.717) is 12.1 Å². The van der Waals surface area contributed by atoms with E-state index in [1.807, 2.05) is 6.92 Å². The van der Waals surface area contributed by atoms with E-state index in [1.54, 1.807) is 0 Å². The lowest BCUT2D eigenvalue weighted by Crippen LogP contribution is -2.41. The van der Waals surface area contributed by atoms with Gasteiger partial charge in [0.15, 0.2) is 0 Å². The minimum atomic E-state index is -4.37. The zero-order valence-corrected chi connectivity index (χ0v) is 19.0. The topological polar surface area (TPSA) is 119 Å². The number of amides is 1. The van der Waals surface area contributed by atoms with Crippen LogP contribution in [0, 0.1) is 17.0 Å².